The Kier molecular flexibility index (Phi) is 7.47. The summed E-state index contributed by atoms with van der Waals surface area (Å²) in [6.07, 6.45) is 3.19. The van der Waals surface area contributed by atoms with Gasteiger partial charge in [0.1, 0.15) is 11.1 Å². The Hall–Kier alpha value is -4.02. The third-order valence-electron chi connectivity index (χ3n) is 5.70. The Labute approximate surface area is 208 Å². The molecule has 0 spiro atoms. The molecule has 1 amide bonds. The molecule has 0 bridgehead atoms. The van der Waals surface area contributed by atoms with Gasteiger partial charge >= 0.3 is 5.63 Å². The number of hydrogen-bond donors (Lipinski definition) is 2. The predicted octanol–water partition coefficient (Wildman–Crippen LogP) is 3.77. The molecule has 0 fully saturated rings. The minimum absolute atomic E-state index is 0.0404. The summed E-state index contributed by atoms with van der Waals surface area (Å²) in [6.45, 7) is 5.81. The standard InChI is InChI=1S/C26H26N4O5S/c1-3-30(4-2)21-10-7-19-14-23(26(32)35-24(19)15-21)25(31)29-20-8-11-22(12-9-20)36(33,34)28-17-18-6-5-13-27-16-18/h5-16,28H,3-4,17H2,1-2H3,(H,29,31). The van der Waals surface area contributed by atoms with Crippen LogP contribution in [0, 0.1) is 0 Å². The normalized spacial score (nSPS) is 11.4. The fourth-order valence-corrected chi connectivity index (χ4v) is 4.74. The predicted molar refractivity (Wildman–Crippen MR) is 139 cm³/mol. The van der Waals surface area contributed by atoms with E-state index in [4.69, 9.17) is 4.42 Å². The van der Waals surface area contributed by atoms with Crippen molar-refractivity contribution < 1.29 is 17.6 Å². The fourth-order valence-electron chi connectivity index (χ4n) is 3.72. The molecule has 4 rings (SSSR count). The van der Waals surface area contributed by atoms with Crippen LogP contribution in [0.5, 0.6) is 0 Å². The van der Waals surface area contributed by atoms with E-state index in [2.05, 4.69) is 19.9 Å². The molecule has 0 aliphatic carbocycles. The maximum Gasteiger partial charge on any atom is 0.349 e. The van der Waals surface area contributed by atoms with E-state index in [0.717, 1.165) is 24.3 Å². The van der Waals surface area contributed by atoms with Gasteiger partial charge in [-0.1, -0.05) is 6.07 Å². The Bertz CT molecular complexity index is 1530. The van der Waals surface area contributed by atoms with Crippen LogP contribution in [0.1, 0.15) is 29.8 Å². The van der Waals surface area contributed by atoms with Crippen molar-refractivity contribution in [2.75, 3.05) is 23.3 Å². The van der Waals surface area contributed by atoms with E-state index < -0.39 is 21.6 Å². The SMILES string of the molecule is CCN(CC)c1ccc2cc(C(=O)Nc3ccc(S(=O)(=O)NCc4cccnc4)cc3)c(=O)oc2c1. The van der Waals surface area contributed by atoms with Crippen molar-refractivity contribution in [1.29, 1.82) is 0 Å². The number of nitrogens with zero attached hydrogens (tertiary/aromatic N) is 2. The number of benzene rings is 2. The van der Waals surface area contributed by atoms with Gasteiger partial charge in [0, 0.05) is 54.9 Å². The van der Waals surface area contributed by atoms with Gasteiger partial charge in [-0.25, -0.2) is 17.9 Å². The first-order valence-electron chi connectivity index (χ1n) is 11.4. The Morgan fingerprint density at radius 3 is 2.44 bits per heavy atom. The Morgan fingerprint density at radius 2 is 1.78 bits per heavy atom. The molecule has 0 atom stereocenters. The molecule has 2 N–H and O–H groups in total. The summed E-state index contributed by atoms with van der Waals surface area (Å²) in [5, 5.41) is 3.24. The number of pyridine rings is 1. The lowest BCUT2D eigenvalue weighted by Gasteiger charge is -2.21. The van der Waals surface area contributed by atoms with Crippen LogP contribution in [0.3, 0.4) is 0 Å². The summed E-state index contributed by atoms with van der Waals surface area (Å²) in [4.78, 5) is 31.4. The van der Waals surface area contributed by atoms with Crippen LogP contribution in [0.4, 0.5) is 11.4 Å². The number of amides is 1. The monoisotopic (exact) mass is 506 g/mol. The molecule has 9 nitrogen and oxygen atoms in total. The van der Waals surface area contributed by atoms with Crippen molar-refractivity contribution in [2.24, 2.45) is 0 Å². The maximum absolute atomic E-state index is 12.8. The summed E-state index contributed by atoms with van der Waals surface area (Å²) in [5.74, 6) is -0.649. The molecule has 0 aliphatic heterocycles. The zero-order chi connectivity index (χ0) is 25.7. The number of nitrogens with one attached hydrogen (secondary N) is 2. The highest BCUT2D eigenvalue weighted by molar-refractivity contribution is 7.89. The first-order valence-corrected chi connectivity index (χ1v) is 12.9. The fraction of sp³-hybridized carbons (Fsp3) is 0.192. The van der Waals surface area contributed by atoms with Crippen LogP contribution in [-0.2, 0) is 16.6 Å². The van der Waals surface area contributed by atoms with Crippen molar-refractivity contribution in [3.8, 4) is 0 Å². The largest absolute Gasteiger partial charge is 0.422 e. The Morgan fingerprint density at radius 1 is 1.03 bits per heavy atom. The average Bonchev–Trinajstić information content (AvgIpc) is 2.88. The van der Waals surface area contributed by atoms with E-state index in [0.29, 0.717) is 16.7 Å². The molecule has 36 heavy (non-hydrogen) atoms. The van der Waals surface area contributed by atoms with Crippen molar-refractivity contribution in [3.05, 3.63) is 94.6 Å². The zero-order valence-electron chi connectivity index (χ0n) is 19.9. The number of sulfonamides is 1. The van der Waals surface area contributed by atoms with E-state index >= 15 is 0 Å². The molecule has 2 aromatic heterocycles. The first kappa shape index (κ1) is 25.1. The highest BCUT2D eigenvalue weighted by Gasteiger charge is 2.17. The summed E-state index contributed by atoms with van der Waals surface area (Å²) < 4.78 is 33.0. The lowest BCUT2D eigenvalue weighted by atomic mass is 10.1. The molecular weight excluding hydrogens is 480 g/mol. The molecule has 0 aliphatic rings. The van der Waals surface area contributed by atoms with Crippen molar-refractivity contribution >= 4 is 38.3 Å². The van der Waals surface area contributed by atoms with E-state index in [1.54, 1.807) is 36.7 Å². The highest BCUT2D eigenvalue weighted by Crippen LogP contribution is 2.22. The Balaban J connectivity index is 1.48. The minimum Gasteiger partial charge on any atom is -0.422 e. The number of carbonyl (C=O) groups excluding carboxylic acids is 1. The number of hydrogen-bond acceptors (Lipinski definition) is 7. The molecule has 2 aromatic carbocycles. The summed E-state index contributed by atoms with van der Waals surface area (Å²) >= 11 is 0. The van der Waals surface area contributed by atoms with Gasteiger partial charge in [-0.15, -0.1) is 0 Å². The van der Waals surface area contributed by atoms with E-state index in [1.807, 2.05) is 19.9 Å². The number of fused-ring (bicyclic) bond motifs is 1. The molecule has 0 saturated carbocycles. The second kappa shape index (κ2) is 10.7. The number of carbonyl (C=O) groups is 1. The lowest BCUT2D eigenvalue weighted by molar-refractivity contribution is 0.102. The molecular formula is C26H26N4O5S. The average molecular weight is 507 g/mol. The second-order valence-electron chi connectivity index (χ2n) is 8.01. The van der Waals surface area contributed by atoms with E-state index in [1.165, 1.54) is 30.3 Å². The molecule has 2 heterocycles. The van der Waals surface area contributed by atoms with Gasteiger partial charge in [-0.05, 0) is 67.9 Å². The minimum atomic E-state index is -3.76. The van der Waals surface area contributed by atoms with Gasteiger partial charge in [0.05, 0.1) is 4.90 Å². The van der Waals surface area contributed by atoms with Gasteiger partial charge in [0.15, 0.2) is 0 Å². The van der Waals surface area contributed by atoms with Crippen LogP contribution in [0.25, 0.3) is 11.0 Å². The van der Waals surface area contributed by atoms with Gasteiger partial charge in [0.2, 0.25) is 10.0 Å². The van der Waals surface area contributed by atoms with Crippen LogP contribution >= 0.6 is 0 Å². The number of aromatic nitrogens is 1. The van der Waals surface area contributed by atoms with Gasteiger partial charge in [0.25, 0.3) is 5.91 Å². The molecule has 0 unspecified atom stereocenters. The lowest BCUT2D eigenvalue weighted by Crippen LogP contribution is -2.23. The van der Waals surface area contributed by atoms with Gasteiger partial charge in [-0.3, -0.25) is 9.78 Å². The summed E-state index contributed by atoms with van der Waals surface area (Å²) in [7, 11) is -3.76. The van der Waals surface area contributed by atoms with Crippen molar-refractivity contribution in [2.45, 2.75) is 25.3 Å². The van der Waals surface area contributed by atoms with E-state index in [9.17, 15) is 18.0 Å². The number of rotatable bonds is 9. The molecule has 0 saturated heterocycles. The van der Waals surface area contributed by atoms with Crippen LogP contribution in [0.15, 0.2) is 87.2 Å². The zero-order valence-corrected chi connectivity index (χ0v) is 20.7. The van der Waals surface area contributed by atoms with Gasteiger partial charge in [-0.2, -0.15) is 0 Å². The molecule has 186 valence electrons. The topological polar surface area (TPSA) is 122 Å². The number of anilines is 2. The smallest absolute Gasteiger partial charge is 0.349 e. The van der Waals surface area contributed by atoms with Crippen molar-refractivity contribution in [1.82, 2.24) is 9.71 Å². The third-order valence-corrected chi connectivity index (χ3v) is 7.12. The van der Waals surface area contributed by atoms with Crippen LogP contribution < -0.4 is 20.6 Å². The maximum atomic E-state index is 12.8. The molecule has 4 aromatic rings. The first-order chi connectivity index (χ1) is 17.3. The molecule has 0 radical (unpaired) electrons. The van der Waals surface area contributed by atoms with Gasteiger partial charge < -0.3 is 14.6 Å². The van der Waals surface area contributed by atoms with Crippen molar-refractivity contribution in [3.63, 3.8) is 0 Å². The quantitative estimate of drug-likeness (QED) is 0.332. The van der Waals surface area contributed by atoms with Crippen LogP contribution in [0.2, 0.25) is 0 Å². The second-order valence-corrected chi connectivity index (χ2v) is 9.77. The third kappa shape index (κ3) is 5.61. The van der Waals surface area contributed by atoms with Crippen LogP contribution in [-0.4, -0.2) is 32.4 Å². The highest BCUT2D eigenvalue weighted by atomic mass is 32.2. The summed E-state index contributed by atoms with van der Waals surface area (Å²) in [6, 6.07) is 16.1. The van der Waals surface area contributed by atoms with E-state index in [-0.39, 0.29) is 17.0 Å². The molecule has 10 heteroatoms. The summed E-state index contributed by atoms with van der Waals surface area (Å²) in [5.41, 5.74) is 1.49.